The van der Waals surface area contributed by atoms with Gasteiger partial charge in [-0.2, -0.15) is 0 Å². The maximum atomic E-state index is 4.51. The average Bonchev–Trinajstić information content (AvgIpc) is 3.06. The fourth-order valence-corrected chi connectivity index (χ4v) is 3.92. The number of nitrogens with one attached hydrogen (secondary N) is 1. The van der Waals surface area contributed by atoms with Crippen molar-refractivity contribution >= 4 is 38.6 Å². The number of thiophene rings is 2. The molecule has 3 heterocycles. The maximum Gasteiger partial charge on any atom is 0.135 e. The molecule has 3 aromatic heterocycles. The van der Waals surface area contributed by atoms with E-state index >= 15 is 0 Å². The lowest BCUT2D eigenvalue weighted by Crippen LogP contribution is -2.16. The van der Waals surface area contributed by atoms with Crippen LogP contribution in [-0.4, -0.2) is 4.98 Å². The molecular formula is C15H16N2S2. The molecule has 0 bridgehead atoms. The van der Waals surface area contributed by atoms with E-state index in [1.165, 1.54) is 15.0 Å². The average molecular weight is 288 g/mol. The quantitative estimate of drug-likeness (QED) is 0.716. The second kappa shape index (κ2) is 5.31. The molecule has 0 aliphatic carbocycles. The maximum absolute atomic E-state index is 4.51. The van der Waals surface area contributed by atoms with Crippen LogP contribution in [0.5, 0.6) is 0 Å². The van der Waals surface area contributed by atoms with Crippen molar-refractivity contribution in [2.24, 2.45) is 5.92 Å². The van der Waals surface area contributed by atoms with Gasteiger partial charge in [-0.25, -0.2) is 4.98 Å². The highest BCUT2D eigenvalue weighted by Crippen LogP contribution is 2.32. The van der Waals surface area contributed by atoms with Gasteiger partial charge in [-0.15, -0.1) is 22.7 Å². The topological polar surface area (TPSA) is 24.9 Å². The van der Waals surface area contributed by atoms with Crippen molar-refractivity contribution in [1.82, 2.24) is 4.98 Å². The minimum absolute atomic E-state index is 0.318. The van der Waals surface area contributed by atoms with Crippen molar-refractivity contribution in [1.29, 1.82) is 0 Å². The summed E-state index contributed by atoms with van der Waals surface area (Å²) < 4.78 is 1.28. The van der Waals surface area contributed by atoms with Crippen molar-refractivity contribution in [3.63, 3.8) is 0 Å². The van der Waals surface area contributed by atoms with E-state index in [4.69, 9.17) is 0 Å². The molecule has 0 aliphatic rings. The van der Waals surface area contributed by atoms with Crippen LogP contribution in [-0.2, 0) is 0 Å². The Kier molecular flexibility index (Phi) is 3.53. The first-order valence-corrected chi connectivity index (χ1v) is 8.14. The number of fused-ring (bicyclic) bond motifs is 1. The standard InChI is InChI=1S/C15H16N2S2/c1-10(2)14(13-4-3-8-18-13)17-15-11-6-9-19-12(11)5-7-16-15/h3-10,14H,1-2H3,(H,16,17). The fraction of sp³-hybridized carbons (Fsp3) is 0.267. The van der Waals surface area contributed by atoms with Crippen molar-refractivity contribution in [2.75, 3.05) is 5.32 Å². The molecule has 1 unspecified atom stereocenters. The van der Waals surface area contributed by atoms with E-state index in [0.717, 1.165) is 5.82 Å². The third-order valence-electron chi connectivity index (χ3n) is 3.19. The van der Waals surface area contributed by atoms with Crippen molar-refractivity contribution in [3.8, 4) is 0 Å². The molecule has 0 aliphatic heterocycles. The fourth-order valence-electron chi connectivity index (χ4n) is 2.19. The van der Waals surface area contributed by atoms with Gasteiger partial charge in [-0.05, 0) is 34.9 Å². The lowest BCUT2D eigenvalue weighted by Gasteiger charge is -2.22. The Morgan fingerprint density at radius 1 is 1.11 bits per heavy atom. The summed E-state index contributed by atoms with van der Waals surface area (Å²) in [5.74, 6) is 1.51. The zero-order valence-electron chi connectivity index (χ0n) is 11.0. The Balaban J connectivity index is 1.96. The highest BCUT2D eigenvalue weighted by atomic mass is 32.1. The molecule has 3 rings (SSSR count). The van der Waals surface area contributed by atoms with Crippen LogP contribution in [0.3, 0.4) is 0 Å². The van der Waals surface area contributed by atoms with Crippen LogP contribution >= 0.6 is 22.7 Å². The molecule has 0 radical (unpaired) electrons. The lowest BCUT2D eigenvalue weighted by molar-refractivity contribution is 0.552. The van der Waals surface area contributed by atoms with Crippen LogP contribution in [0.2, 0.25) is 0 Å². The molecule has 19 heavy (non-hydrogen) atoms. The summed E-state index contributed by atoms with van der Waals surface area (Å²) in [5, 5.41) is 9.08. The van der Waals surface area contributed by atoms with E-state index in [0.29, 0.717) is 12.0 Å². The second-order valence-electron chi connectivity index (χ2n) is 4.87. The third-order valence-corrected chi connectivity index (χ3v) is 5.03. The molecule has 2 nitrogen and oxygen atoms in total. The zero-order valence-corrected chi connectivity index (χ0v) is 12.6. The largest absolute Gasteiger partial charge is 0.362 e. The Morgan fingerprint density at radius 3 is 2.74 bits per heavy atom. The lowest BCUT2D eigenvalue weighted by atomic mass is 10.0. The Bertz CT molecular complexity index is 656. The van der Waals surface area contributed by atoms with Gasteiger partial charge in [0.05, 0.1) is 6.04 Å². The van der Waals surface area contributed by atoms with Crippen LogP contribution in [0.15, 0.2) is 41.2 Å². The zero-order chi connectivity index (χ0) is 13.2. The summed E-state index contributed by atoms with van der Waals surface area (Å²) in [6.07, 6.45) is 1.88. The minimum atomic E-state index is 0.318. The first kappa shape index (κ1) is 12.6. The number of nitrogens with zero attached hydrogens (tertiary/aromatic N) is 1. The Morgan fingerprint density at radius 2 is 2.00 bits per heavy atom. The van der Waals surface area contributed by atoms with E-state index in [1.54, 1.807) is 22.7 Å². The molecule has 3 aromatic rings. The number of aromatic nitrogens is 1. The molecule has 0 aromatic carbocycles. The van der Waals surface area contributed by atoms with Gasteiger partial charge in [0.1, 0.15) is 5.82 Å². The predicted molar refractivity (Wildman–Crippen MR) is 85.1 cm³/mol. The van der Waals surface area contributed by atoms with E-state index in [9.17, 15) is 0 Å². The second-order valence-corrected chi connectivity index (χ2v) is 6.80. The summed E-state index contributed by atoms with van der Waals surface area (Å²) >= 11 is 3.56. The molecule has 1 atom stereocenters. The van der Waals surface area contributed by atoms with Crippen molar-refractivity contribution < 1.29 is 0 Å². The summed E-state index contributed by atoms with van der Waals surface area (Å²) in [5.41, 5.74) is 0. The number of rotatable bonds is 4. The summed E-state index contributed by atoms with van der Waals surface area (Å²) in [4.78, 5) is 5.88. The monoisotopic (exact) mass is 288 g/mol. The van der Waals surface area contributed by atoms with Crippen LogP contribution in [0.4, 0.5) is 5.82 Å². The van der Waals surface area contributed by atoms with Crippen molar-refractivity contribution in [3.05, 3.63) is 46.1 Å². The van der Waals surface area contributed by atoms with E-state index < -0.39 is 0 Å². The van der Waals surface area contributed by atoms with Gasteiger partial charge >= 0.3 is 0 Å². The highest BCUT2D eigenvalue weighted by Gasteiger charge is 2.18. The number of anilines is 1. The van der Waals surface area contributed by atoms with Crippen LogP contribution in [0.1, 0.15) is 24.8 Å². The Hall–Kier alpha value is -1.39. The third kappa shape index (κ3) is 2.51. The first-order valence-electron chi connectivity index (χ1n) is 6.38. The van der Waals surface area contributed by atoms with Gasteiger partial charge in [0.2, 0.25) is 0 Å². The molecule has 0 fully saturated rings. The van der Waals surface area contributed by atoms with Gasteiger partial charge in [0.25, 0.3) is 0 Å². The van der Waals surface area contributed by atoms with Gasteiger partial charge in [-0.1, -0.05) is 19.9 Å². The molecule has 0 amide bonds. The van der Waals surface area contributed by atoms with Gasteiger partial charge in [0.15, 0.2) is 0 Å². The van der Waals surface area contributed by atoms with Gasteiger partial charge < -0.3 is 5.32 Å². The number of pyridine rings is 1. The van der Waals surface area contributed by atoms with Crippen LogP contribution in [0, 0.1) is 5.92 Å². The molecule has 4 heteroatoms. The first-order chi connectivity index (χ1) is 9.25. The van der Waals surface area contributed by atoms with Crippen LogP contribution in [0.25, 0.3) is 10.1 Å². The molecular weight excluding hydrogens is 272 g/mol. The van der Waals surface area contributed by atoms with E-state index in [1.807, 2.05) is 6.20 Å². The van der Waals surface area contributed by atoms with Gasteiger partial charge in [0, 0.05) is 21.2 Å². The molecule has 1 N–H and O–H groups in total. The smallest absolute Gasteiger partial charge is 0.135 e. The van der Waals surface area contributed by atoms with Crippen molar-refractivity contribution in [2.45, 2.75) is 19.9 Å². The Labute approximate surface area is 121 Å². The SMILES string of the molecule is CC(C)C(Nc1nccc2sccc12)c1cccs1. The molecule has 0 saturated carbocycles. The number of hydrogen-bond acceptors (Lipinski definition) is 4. The summed E-state index contributed by atoms with van der Waals surface area (Å²) in [6, 6.07) is 8.83. The minimum Gasteiger partial charge on any atom is -0.362 e. The van der Waals surface area contributed by atoms with Crippen LogP contribution < -0.4 is 5.32 Å². The summed E-state index contributed by atoms with van der Waals surface area (Å²) in [7, 11) is 0. The normalized spacial score (nSPS) is 13.0. The molecule has 0 saturated heterocycles. The van der Waals surface area contributed by atoms with Gasteiger partial charge in [-0.3, -0.25) is 0 Å². The molecule has 98 valence electrons. The predicted octanol–water partition coefficient (Wildman–Crippen LogP) is 5.17. The summed E-state index contributed by atoms with van der Waals surface area (Å²) in [6.45, 7) is 4.48. The molecule has 0 spiro atoms. The van der Waals surface area contributed by atoms with E-state index in [-0.39, 0.29) is 0 Å². The highest BCUT2D eigenvalue weighted by molar-refractivity contribution is 7.17. The number of hydrogen-bond donors (Lipinski definition) is 1. The van der Waals surface area contributed by atoms with E-state index in [2.05, 4.69) is 59.2 Å².